The van der Waals surface area contributed by atoms with E-state index >= 15 is 0 Å². The number of H-pyrrole nitrogens is 1. The topological polar surface area (TPSA) is 67.6 Å². The molecular formula is C12H14N4. The number of nitrogens with zero attached hydrogens (tertiary/aromatic N) is 2. The summed E-state index contributed by atoms with van der Waals surface area (Å²) < 4.78 is 0. The predicted octanol–water partition coefficient (Wildman–Crippen LogP) is 1.61. The van der Waals surface area contributed by atoms with E-state index in [1.165, 1.54) is 11.9 Å². The number of nitrogens with one attached hydrogen (secondary N) is 1. The van der Waals surface area contributed by atoms with Gasteiger partial charge in [0.15, 0.2) is 0 Å². The van der Waals surface area contributed by atoms with Crippen molar-refractivity contribution in [1.29, 1.82) is 0 Å². The van der Waals surface area contributed by atoms with Gasteiger partial charge in [0, 0.05) is 0 Å². The second-order valence-corrected chi connectivity index (χ2v) is 4.31. The van der Waals surface area contributed by atoms with Crippen LogP contribution in [0.4, 0.5) is 0 Å². The molecule has 16 heavy (non-hydrogen) atoms. The molecule has 0 radical (unpaired) electrons. The largest absolute Gasteiger partial charge is 0.321 e. The van der Waals surface area contributed by atoms with Gasteiger partial charge in [-0.1, -0.05) is 30.3 Å². The molecule has 1 saturated carbocycles. The van der Waals surface area contributed by atoms with Crippen molar-refractivity contribution in [3.8, 4) is 0 Å². The Hall–Kier alpha value is -1.68. The van der Waals surface area contributed by atoms with Gasteiger partial charge in [0.1, 0.15) is 12.2 Å². The zero-order valence-corrected chi connectivity index (χ0v) is 8.88. The minimum Gasteiger partial charge on any atom is -0.321 e. The molecule has 0 aliphatic heterocycles. The highest BCUT2D eigenvalue weighted by atomic mass is 15.2. The number of hydrogen-bond donors (Lipinski definition) is 2. The van der Waals surface area contributed by atoms with Crippen molar-refractivity contribution >= 4 is 0 Å². The van der Waals surface area contributed by atoms with Gasteiger partial charge >= 0.3 is 0 Å². The maximum Gasteiger partial charge on any atom is 0.141 e. The van der Waals surface area contributed by atoms with Gasteiger partial charge in [-0.25, -0.2) is 4.98 Å². The number of nitrogens with two attached hydrogens (primary N) is 1. The first-order valence-corrected chi connectivity index (χ1v) is 5.52. The fourth-order valence-electron chi connectivity index (χ4n) is 2.27. The molecule has 82 valence electrons. The van der Waals surface area contributed by atoms with Crippen LogP contribution in [0.3, 0.4) is 0 Å². The lowest BCUT2D eigenvalue weighted by molar-refractivity contribution is 0.581. The second kappa shape index (κ2) is 3.72. The van der Waals surface area contributed by atoms with E-state index in [0.29, 0.717) is 11.8 Å². The third-order valence-electron chi connectivity index (χ3n) is 3.28. The Balaban J connectivity index is 1.73. The number of aromatic amines is 1. The molecule has 1 aliphatic carbocycles. The van der Waals surface area contributed by atoms with Crippen molar-refractivity contribution in [2.24, 2.45) is 11.7 Å². The normalized spacial score (nSPS) is 25.3. The SMILES string of the molecule is NC(c1ncn[nH]1)C1CC1c1ccccc1. The van der Waals surface area contributed by atoms with Gasteiger partial charge in [0.2, 0.25) is 0 Å². The fraction of sp³-hybridized carbons (Fsp3) is 0.333. The number of rotatable bonds is 3. The van der Waals surface area contributed by atoms with Crippen molar-refractivity contribution < 1.29 is 0 Å². The average molecular weight is 214 g/mol. The monoisotopic (exact) mass is 214 g/mol. The van der Waals surface area contributed by atoms with E-state index in [1.54, 1.807) is 0 Å². The van der Waals surface area contributed by atoms with E-state index in [4.69, 9.17) is 5.73 Å². The average Bonchev–Trinajstić information content (AvgIpc) is 2.95. The summed E-state index contributed by atoms with van der Waals surface area (Å²) in [5.41, 5.74) is 7.52. The minimum absolute atomic E-state index is 0.0206. The van der Waals surface area contributed by atoms with Crippen molar-refractivity contribution in [2.75, 3.05) is 0 Å². The molecule has 1 aromatic heterocycles. The highest BCUT2D eigenvalue weighted by Gasteiger charge is 2.43. The third kappa shape index (κ3) is 1.61. The number of hydrogen-bond acceptors (Lipinski definition) is 3. The van der Waals surface area contributed by atoms with Crippen LogP contribution in [0, 0.1) is 5.92 Å². The summed E-state index contributed by atoms with van der Waals surface area (Å²) >= 11 is 0. The van der Waals surface area contributed by atoms with E-state index in [0.717, 1.165) is 12.2 Å². The minimum atomic E-state index is -0.0206. The first kappa shape index (κ1) is 9.54. The summed E-state index contributed by atoms with van der Waals surface area (Å²) in [5.74, 6) is 1.88. The lowest BCUT2D eigenvalue weighted by atomic mass is 10.1. The smallest absolute Gasteiger partial charge is 0.141 e. The van der Waals surface area contributed by atoms with Crippen molar-refractivity contribution in [2.45, 2.75) is 18.4 Å². The van der Waals surface area contributed by atoms with E-state index in [-0.39, 0.29) is 6.04 Å². The highest BCUT2D eigenvalue weighted by Crippen LogP contribution is 2.52. The molecule has 3 rings (SSSR count). The molecular weight excluding hydrogens is 200 g/mol. The first-order chi connectivity index (χ1) is 7.86. The van der Waals surface area contributed by atoms with E-state index in [2.05, 4.69) is 39.4 Å². The molecule has 3 unspecified atom stereocenters. The molecule has 0 spiro atoms. The Morgan fingerprint density at radius 3 is 2.81 bits per heavy atom. The maximum atomic E-state index is 6.14. The number of benzene rings is 1. The molecule has 1 fully saturated rings. The van der Waals surface area contributed by atoms with E-state index in [1.807, 2.05) is 6.07 Å². The molecule has 2 aromatic rings. The molecule has 4 heteroatoms. The lowest BCUT2D eigenvalue weighted by Gasteiger charge is -2.07. The molecule has 1 heterocycles. The van der Waals surface area contributed by atoms with Crippen LogP contribution < -0.4 is 5.73 Å². The molecule has 4 nitrogen and oxygen atoms in total. The predicted molar refractivity (Wildman–Crippen MR) is 60.6 cm³/mol. The lowest BCUT2D eigenvalue weighted by Crippen LogP contribution is -2.15. The van der Waals surface area contributed by atoms with Gasteiger partial charge in [-0.2, -0.15) is 5.10 Å². The van der Waals surface area contributed by atoms with Gasteiger partial charge in [0.05, 0.1) is 6.04 Å². The van der Waals surface area contributed by atoms with Gasteiger partial charge in [-0.05, 0) is 23.8 Å². The zero-order valence-electron chi connectivity index (χ0n) is 8.88. The van der Waals surface area contributed by atoms with Gasteiger partial charge in [-0.3, -0.25) is 5.10 Å². The first-order valence-electron chi connectivity index (χ1n) is 5.52. The molecule has 0 amide bonds. The zero-order chi connectivity index (χ0) is 11.0. The van der Waals surface area contributed by atoms with Crippen LogP contribution >= 0.6 is 0 Å². The molecule has 3 atom stereocenters. The van der Waals surface area contributed by atoms with Crippen molar-refractivity contribution in [1.82, 2.24) is 15.2 Å². The van der Waals surface area contributed by atoms with Crippen LogP contribution in [0.25, 0.3) is 0 Å². The Morgan fingerprint density at radius 1 is 1.31 bits per heavy atom. The summed E-state index contributed by atoms with van der Waals surface area (Å²) in [6.07, 6.45) is 2.65. The van der Waals surface area contributed by atoms with Crippen LogP contribution in [0.2, 0.25) is 0 Å². The van der Waals surface area contributed by atoms with Crippen LogP contribution in [-0.4, -0.2) is 15.2 Å². The molecule has 1 aromatic carbocycles. The summed E-state index contributed by atoms with van der Waals surface area (Å²) in [7, 11) is 0. The summed E-state index contributed by atoms with van der Waals surface area (Å²) in [4.78, 5) is 4.11. The van der Waals surface area contributed by atoms with E-state index < -0.39 is 0 Å². The molecule has 0 saturated heterocycles. The van der Waals surface area contributed by atoms with Crippen LogP contribution in [0.5, 0.6) is 0 Å². The Morgan fingerprint density at radius 2 is 2.12 bits per heavy atom. The van der Waals surface area contributed by atoms with Gasteiger partial charge in [0.25, 0.3) is 0 Å². The molecule has 1 aliphatic rings. The summed E-state index contributed by atoms with van der Waals surface area (Å²) in [6.45, 7) is 0. The van der Waals surface area contributed by atoms with Crippen molar-refractivity contribution in [3.05, 3.63) is 48.0 Å². The quantitative estimate of drug-likeness (QED) is 0.815. The van der Waals surface area contributed by atoms with Crippen LogP contribution in [0.15, 0.2) is 36.7 Å². The molecule has 3 N–H and O–H groups in total. The highest BCUT2D eigenvalue weighted by molar-refractivity contribution is 5.27. The molecule has 0 bridgehead atoms. The van der Waals surface area contributed by atoms with E-state index in [9.17, 15) is 0 Å². The van der Waals surface area contributed by atoms with Crippen molar-refractivity contribution in [3.63, 3.8) is 0 Å². The van der Waals surface area contributed by atoms with Crippen LogP contribution in [0.1, 0.15) is 29.8 Å². The standard InChI is InChI=1S/C12H14N4/c13-11(12-14-7-15-16-12)10-6-9(10)8-4-2-1-3-5-8/h1-5,7,9-11H,6,13H2,(H,14,15,16). The second-order valence-electron chi connectivity index (χ2n) is 4.31. The van der Waals surface area contributed by atoms with Crippen LogP contribution in [-0.2, 0) is 0 Å². The van der Waals surface area contributed by atoms with Gasteiger partial charge in [-0.15, -0.1) is 0 Å². The summed E-state index contributed by atoms with van der Waals surface area (Å²) in [6, 6.07) is 10.5. The fourth-order valence-corrected chi connectivity index (χ4v) is 2.27. The Kier molecular flexibility index (Phi) is 2.22. The Bertz CT molecular complexity index is 451. The third-order valence-corrected chi connectivity index (χ3v) is 3.28. The summed E-state index contributed by atoms with van der Waals surface area (Å²) in [5, 5.41) is 6.68. The maximum absolute atomic E-state index is 6.14. The Labute approximate surface area is 93.9 Å². The van der Waals surface area contributed by atoms with Gasteiger partial charge < -0.3 is 5.73 Å². The number of aromatic nitrogens is 3.